The molecular weight excluding hydrogens is 146 g/mol. The van der Waals surface area contributed by atoms with Crippen LogP contribution in [0.2, 0.25) is 0 Å². The average Bonchev–Trinajstić information content (AvgIpc) is 2.28. The Hall–Kier alpha value is -1.37. The number of pyridine rings is 1. The third kappa shape index (κ3) is 1.30. The lowest BCUT2D eigenvalue weighted by atomic mass is 10.2. The van der Waals surface area contributed by atoms with Crippen molar-refractivity contribution in [3.63, 3.8) is 0 Å². The summed E-state index contributed by atoms with van der Waals surface area (Å²) in [5, 5.41) is 2.52. The molecule has 0 fully saturated rings. The van der Waals surface area contributed by atoms with E-state index in [0.29, 0.717) is 0 Å². The van der Waals surface area contributed by atoms with Gasteiger partial charge in [-0.05, 0) is 29.8 Å². The predicted molar refractivity (Wildman–Crippen MR) is 50.9 cm³/mol. The third-order valence-electron chi connectivity index (χ3n) is 1.99. The van der Waals surface area contributed by atoms with Crippen LogP contribution >= 0.6 is 0 Å². The smallest absolute Gasteiger partial charge is 0.0379 e. The molecule has 60 valence electrons. The Labute approximate surface area is 71.8 Å². The van der Waals surface area contributed by atoms with Crippen LogP contribution in [0, 0.1) is 6.92 Å². The van der Waals surface area contributed by atoms with Crippen molar-refractivity contribution in [2.75, 3.05) is 0 Å². The third-order valence-corrected chi connectivity index (χ3v) is 1.99. The van der Waals surface area contributed by atoms with Crippen molar-refractivity contribution < 1.29 is 0 Å². The van der Waals surface area contributed by atoms with Crippen LogP contribution in [0.3, 0.4) is 0 Å². The molecule has 0 aliphatic heterocycles. The van der Waals surface area contributed by atoms with Gasteiger partial charge in [0.1, 0.15) is 0 Å². The minimum atomic E-state index is 1.01. The molecule has 0 aromatic carbocycles. The molecule has 0 atom stereocenters. The van der Waals surface area contributed by atoms with E-state index in [1.165, 1.54) is 10.4 Å². The Morgan fingerprint density at radius 1 is 1.33 bits per heavy atom. The molecule has 1 heterocycles. The number of fused-ring (bicyclic) bond motifs is 1. The van der Waals surface area contributed by atoms with E-state index in [9.17, 15) is 0 Å². The highest BCUT2D eigenvalue weighted by Gasteiger charge is 1.89. The van der Waals surface area contributed by atoms with Gasteiger partial charge in [0, 0.05) is 11.9 Å². The van der Waals surface area contributed by atoms with Gasteiger partial charge in [0.15, 0.2) is 0 Å². The lowest BCUT2D eigenvalue weighted by molar-refractivity contribution is 1.16. The van der Waals surface area contributed by atoms with Crippen molar-refractivity contribution in [1.82, 2.24) is 4.98 Å². The normalized spacial score (nSPS) is 14.1. The molecule has 2 rings (SSSR count). The summed E-state index contributed by atoms with van der Waals surface area (Å²) in [7, 11) is 0. The fraction of sp³-hybridized carbons (Fsp3) is 0.182. The zero-order chi connectivity index (χ0) is 8.39. The van der Waals surface area contributed by atoms with Crippen molar-refractivity contribution >= 4 is 12.2 Å². The number of aryl methyl sites for hydroxylation is 1. The molecule has 0 spiro atoms. The van der Waals surface area contributed by atoms with Gasteiger partial charge in [-0.1, -0.05) is 24.3 Å². The Balaban J connectivity index is 2.79. The molecule has 0 bridgehead atoms. The molecule has 0 unspecified atom stereocenters. The first kappa shape index (κ1) is 7.29. The topological polar surface area (TPSA) is 12.9 Å². The first-order valence-electron chi connectivity index (χ1n) is 4.16. The van der Waals surface area contributed by atoms with Crippen LogP contribution in [0.5, 0.6) is 0 Å². The van der Waals surface area contributed by atoms with Gasteiger partial charge in [-0.25, -0.2) is 0 Å². The Kier molecular flexibility index (Phi) is 1.78. The quantitative estimate of drug-likeness (QED) is 0.545. The second-order valence-electron chi connectivity index (χ2n) is 2.99. The molecule has 0 amide bonds. The minimum Gasteiger partial charge on any atom is -0.261 e. The molecule has 0 N–H and O–H groups in total. The molecule has 0 saturated heterocycles. The highest BCUT2D eigenvalue weighted by atomic mass is 14.6. The zero-order valence-electron chi connectivity index (χ0n) is 7.12. The monoisotopic (exact) mass is 157 g/mol. The van der Waals surface area contributed by atoms with Crippen LogP contribution in [-0.4, -0.2) is 4.98 Å². The number of aromatic nitrogens is 1. The summed E-state index contributed by atoms with van der Waals surface area (Å²) >= 11 is 0. The summed E-state index contributed by atoms with van der Waals surface area (Å²) in [5.41, 5.74) is 1.08. The second-order valence-corrected chi connectivity index (χ2v) is 2.99. The molecule has 0 saturated carbocycles. The Bertz CT molecular complexity index is 427. The number of hydrogen-bond donors (Lipinski definition) is 0. The summed E-state index contributed by atoms with van der Waals surface area (Å²) in [5.74, 6) is 0. The largest absolute Gasteiger partial charge is 0.261 e. The molecule has 1 aromatic heterocycles. The first-order chi connectivity index (χ1) is 5.86. The van der Waals surface area contributed by atoms with E-state index in [2.05, 4.69) is 35.4 Å². The first-order valence-corrected chi connectivity index (χ1v) is 4.16. The standard InChI is InChI=1S/C11H11N/c1-9-7-10-5-3-2-4-6-11(10)8-12-9/h2-3,5-8H,4H2,1H3. The van der Waals surface area contributed by atoms with Gasteiger partial charge >= 0.3 is 0 Å². The van der Waals surface area contributed by atoms with Gasteiger partial charge in [0.25, 0.3) is 0 Å². The molecule has 1 aromatic rings. The molecule has 1 aliphatic rings. The van der Waals surface area contributed by atoms with Crippen LogP contribution in [0.25, 0.3) is 12.2 Å². The molecular formula is C11H11N. The average molecular weight is 157 g/mol. The molecule has 1 aliphatic carbocycles. The van der Waals surface area contributed by atoms with E-state index in [1.54, 1.807) is 0 Å². The van der Waals surface area contributed by atoms with Crippen molar-refractivity contribution in [2.24, 2.45) is 0 Å². The van der Waals surface area contributed by atoms with E-state index >= 15 is 0 Å². The van der Waals surface area contributed by atoms with E-state index < -0.39 is 0 Å². The Morgan fingerprint density at radius 3 is 3.17 bits per heavy atom. The summed E-state index contributed by atoms with van der Waals surface area (Å²) in [4.78, 5) is 4.26. The van der Waals surface area contributed by atoms with E-state index in [1.807, 2.05) is 13.1 Å². The van der Waals surface area contributed by atoms with Gasteiger partial charge in [0.2, 0.25) is 0 Å². The summed E-state index contributed by atoms with van der Waals surface area (Å²) in [6, 6.07) is 2.11. The fourth-order valence-electron chi connectivity index (χ4n) is 1.35. The Morgan fingerprint density at radius 2 is 2.25 bits per heavy atom. The molecule has 0 radical (unpaired) electrons. The van der Waals surface area contributed by atoms with Gasteiger partial charge < -0.3 is 0 Å². The summed E-state index contributed by atoms with van der Waals surface area (Å²) < 4.78 is 0. The number of nitrogens with zero attached hydrogens (tertiary/aromatic N) is 1. The van der Waals surface area contributed by atoms with Gasteiger partial charge in [-0.2, -0.15) is 0 Å². The number of allylic oxidation sites excluding steroid dienone is 2. The number of rotatable bonds is 0. The van der Waals surface area contributed by atoms with E-state index in [-0.39, 0.29) is 0 Å². The lowest BCUT2D eigenvalue weighted by Gasteiger charge is -1.91. The second kappa shape index (κ2) is 2.94. The maximum atomic E-state index is 4.26. The highest BCUT2D eigenvalue weighted by Crippen LogP contribution is 1.89. The van der Waals surface area contributed by atoms with Crippen LogP contribution in [0.4, 0.5) is 0 Å². The van der Waals surface area contributed by atoms with Crippen molar-refractivity contribution in [1.29, 1.82) is 0 Å². The van der Waals surface area contributed by atoms with Crippen molar-refractivity contribution in [3.05, 3.63) is 40.5 Å². The van der Waals surface area contributed by atoms with E-state index in [0.717, 1.165) is 12.1 Å². The molecule has 12 heavy (non-hydrogen) atoms. The predicted octanol–water partition coefficient (Wildman–Crippen LogP) is 0.911. The van der Waals surface area contributed by atoms with Crippen LogP contribution < -0.4 is 10.4 Å². The number of hydrogen-bond acceptors (Lipinski definition) is 1. The maximum absolute atomic E-state index is 4.26. The van der Waals surface area contributed by atoms with E-state index in [4.69, 9.17) is 0 Å². The zero-order valence-corrected chi connectivity index (χ0v) is 7.12. The SMILES string of the molecule is Cc1cc2c(cn1)=CCC=CC=2. The maximum Gasteiger partial charge on any atom is 0.0379 e. The fourth-order valence-corrected chi connectivity index (χ4v) is 1.35. The van der Waals surface area contributed by atoms with Gasteiger partial charge in [-0.3, -0.25) is 4.98 Å². The summed E-state index contributed by atoms with van der Waals surface area (Å²) in [6.45, 7) is 2.02. The van der Waals surface area contributed by atoms with Crippen molar-refractivity contribution in [2.45, 2.75) is 13.3 Å². The minimum absolute atomic E-state index is 1.01. The highest BCUT2D eigenvalue weighted by molar-refractivity contribution is 5.43. The molecule has 1 nitrogen and oxygen atoms in total. The van der Waals surface area contributed by atoms with Crippen molar-refractivity contribution in [3.8, 4) is 0 Å². The van der Waals surface area contributed by atoms with Crippen LogP contribution in [0.1, 0.15) is 12.1 Å². The summed E-state index contributed by atoms with van der Waals surface area (Å²) in [6.07, 6.45) is 11.5. The van der Waals surface area contributed by atoms with Gasteiger partial charge in [-0.15, -0.1) is 0 Å². The lowest BCUT2D eigenvalue weighted by Crippen LogP contribution is -2.24. The van der Waals surface area contributed by atoms with Crippen LogP contribution in [-0.2, 0) is 0 Å². The molecule has 1 heteroatoms. The van der Waals surface area contributed by atoms with Crippen LogP contribution in [0.15, 0.2) is 24.4 Å². The van der Waals surface area contributed by atoms with Gasteiger partial charge in [0.05, 0.1) is 0 Å².